The lowest BCUT2D eigenvalue weighted by Gasteiger charge is -2.28. The standard InChI is InChI=1S/C39H63N13O15S/c1-19(2)30(37(65)51-26(16-55)36(64)49-24(14-53)32(60)45-12-28(57)44-13-29(58)46-27(17-56)38(66)67)52-33(61)22(9-6-10-43-39(41)42)47-35(63)25(15-54)50-34(62)23(48-31(59)21(40)18-68)11-20-7-4-3-5-8-20/h3-5,7-8,19,21-27,30,53-56,68H,6,9-18,40H2,1-2H3,(H,44,57)(H,45,60)(H,46,58)(H,47,63)(H,48,59)(H,49,64)(H,50,62)(H,51,65)(H,52,61)(H,66,67)(H4,41,42,43)/t21-,22-,23-,24-,25-,26-,27-,30-/m0/s1. The third-order valence-electron chi connectivity index (χ3n) is 9.41. The van der Waals surface area contributed by atoms with Gasteiger partial charge in [-0.2, -0.15) is 12.6 Å². The molecule has 380 valence electrons. The molecule has 0 aliphatic rings. The molecule has 0 heterocycles. The number of amides is 9. The Labute approximate surface area is 395 Å². The van der Waals surface area contributed by atoms with Gasteiger partial charge in [0.2, 0.25) is 53.2 Å². The molecule has 28 nitrogen and oxygen atoms in total. The Morgan fingerprint density at radius 1 is 0.588 bits per heavy atom. The van der Waals surface area contributed by atoms with Crippen molar-refractivity contribution < 1.29 is 73.5 Å². The Morgan fingerprint density at radius 3 is 1.56 bits per heavy atom. The predicted molar refractivity (Wildman–Crippen MR) is 242 cm³/mol. The van der Waals surface area contributed by atoms with Crippen LogP contribution in [0.15, 0.2) is 35.3 Å². The first-order valence-corrected chi connectivity index (χ1v) is 21.5. The number of carboxylic acids is 1. The van der Waals surface area contributed by atoms with Gasteiger partial charge in [0, 0.05) is 18.7 Å². The Kier molecular flexibility index (Phi) is 27.4. The van der Waals surface area contributed by atoms with Gasteiger partial charge in [0.15, 0.2) is 5.96 Å². The maximum atomic E-state index is 13.8. The van der Waals surface area contributed by atoms with Crippen molar-refractivity contribution in [2.75, 3.05) is 51.8 Å². The van der Waals surface area contributed by atoms with Crippen molar-refractivity contribution in [2.45, 2.75) is 81.4 Å². The number of guanidine groups is 1. The molecule has 0 radical (unpaired) electrons. The van der Waals surface area contributed by atoms with E-state index in [2.05, 4.69) is 60.2 Å². The van der Waals surface area contributed by atoms with Crippen molar-refractivity contribution in [3.63, 3.8) is 0 Å². The number of nitrogens with zero attached hydrogens (tertiary/aromatic N) is 1. The van der Waals surface area contributed by atoms with Crippen molar-refractivity contribution >= 4 is 77.7 Å². The highest BCUT2D eigenvalue weighted by atomic mass is 32.1. The monoisotopic (exact) mass is 985 g/mol. The Bertz CT molecular complexity index is 1910. The van der Waals surface area contributed by atoms with Gasteiger partial charge < -0.3 is 90.6 Å². The lowest BCUT2D eigenvalue weighted by Crippen LogP contribution is -2.62. The average Bonchev–Trinajstić information content (AvgIpc) is 3.30. The van der Waals surface area contributed by atoms with Gasteiger partial charge >= 0.3 is 5.97 Å². The van der Waals surface area contributed by atoms with E-state index >= 15 is 0 Å². The van der Waals surface area contributed by atoms with Crippen LogP contribution in [0.3, 0.4) is 0 Å². The summed E-state index contributed by atoms with van der Waals surface area (Å²) in [5.41, 5.74) is 17.2. The van der Waals surface area contributed by atoms with Crippen LogP contribution in [0.4, 0.5) is 0 Å². The molecule has 0 fully saturated rings. The molecule has 0 bridgehead atoms. The second kappa shape index (κ2) is 31.3. The fraction of sp³-hybridized carbons (Fsp3) is 0.564. The lowest BCUT2D eigenvalue weighted by molar-refractivity contribution is -0.142. The van der Waals surface area contributed by atoms with E-state index in [0.29, 0.717) is 5.56 Å². The summed E-state index contributed by atoms with van der Waals surface area (Å²) in [7, 11) is 0. The Balaban J connectivity index is 3.12. The lowest BCUT2D eigenvalue weighted by atomic mass is 10.0. The third-order valence-corrected chi connectivity index (χ3v) is 9.80. The molecular weight excluding hydrogens is 923 g/mol. The summed E-state index contributed by atoms with van der Waals surface area (Å²) in [5.74, 6) is -11.5. The molecule has 0 aliphatic carbocycles. The molecule has 68 heavy (non-hydrogen) atoms. The van der Waals surface area contributed by atoms with E-state index in [-0.39, 0.29) is 37.5 Å². The van der Waals surface area contributed by atoms with Gasteiger partial charge in [0.25, 0.3) is 0 Å². The van der Waals surface area contributed by atoms with Crippen molar-refractivity contribution in [3.05, 3.63) is 35.9 Å². The number of hydrogen-bond acceptors (Lipinski definition) is 17. The first-order chi connectivity index (χ1) is 32.1. The normalized spacial score (nSPS) is 14.4. The largest absolute Gasteiger partial charge is 0.480 e. The molecule has 0 spiro atoms. The summed E-state index contributed by atoms with van der Waals surface area (Å²) in [4.78, 5) is 132. The van der Waals surface area contributed by atoms with Gasteiger partial charge in [-0.15, -0.1) is 0 Å². The zero-order valence-electron chi connectivity index (χ0n) is 37.3. The van der Waals surface area contributed by atoms with E-state index < -0.39 is 153 Å². The predicted octanol–water partition coefficient (Wildman–Crippen LogP) is -9.12. The third kappa shape index (κ3) is 21.8. The molecule has 0 saturated heterocycles. The van der Waals surface area contributed by atoms with Crippen LogP contribution in [0.2, 0.25) is 0 Å². The number of aliphatic hydroxyl groups excluding tert-OH is 4. The van der Waals surface area contributed by atoms with Gasteiger partial charge in [0.1, 0.15) is 42.3 Å². The minimum Gasteiger partial charge on any atom is -0.480 e. The molecular formula is C39H63N13O15S. The van der Waals surface area contributed by atoms with Crippen LogP contribution in [0.5, 0.6) is 0 Å². The number of aliphatic imine (C=N–C) groups is 1. The smallest absolute Gasteiger partial charge is 0.328 e. The maximum Gasteiger partial charge on any atom is 0.328 e. The van der Waals surface area contributed by atoms with Crippen molar-refractivity contribution in [2.24, 2.45) is 28.1 Å². The molecule has 1 rings (SSSR count). The Hall–Kier alpha value is -6.66. The Morgan fingerprint density at radius 2 is 1.06 bits per heavy atom. The summed E-state index contributed by atoms with van der Waals surface area (Å²) < 4.78 is 0. The second-order valence-electron chi connectivity index (χ2n) is 15.1. The van der Waals surface area contributed by atoms with Gasteiger partial charge in [0.05, 0.1) is 45.6 Å². The highest BCUT2D eigenvalue weighted by molar-refractivity contribution is 7.80. The molecule has 9 amide bonds. The molecule has 0 saturated carbocycles. The fourth-order valence-corrected chi connectivity index (χ4v) is 5.77. The van der Waals surface area contributed by atoms with Crippen LogP contribution in [0.1, 0.15) is 32.3 Å². The van der Waals surface area contributed by atoms with Gasteiger partial charge in [-0.25, -0.2) is 4.79 Å². The number of aliphatic carboxylic acids is 1. The van der Waals surface area contributed by atoms with Crippen molar-refractivity contribution in [3.8, 4) is 0 Å². The number of carboxylic acid groups (broad SMARTS) is 1. The number of nitrogens with two attached hydrogens (primary N) is 3. The summed E-state index contributed by atoms with van der Waals surface area (Å²) in [6.45, 7) is -2.51. The van der Waals surface area contributed by atoms with Crippen LogP contribution in [0.25, 0.3) is 0 Å². The number of benzene rings is 1. The summed E-state index contributed by atoms with van der Waals surface area (Å²) in [6, 6.07) is -3.60. The van der Waals surface area contributed by atoms with Crippen LogP contribution < -0.4 is 65.1 Å². The SMILES string of the molecule is CC(C)[C@H](NC(=O)[C@H](CCCN=C(N)N)NC(=O)[C@H](CO)NC(=O)[C@H](Cc1ccccc1)NC(=O)[C@@H](N)CS)C(=O)N[C@@H](CO)C(=O)N[C@@H](CO)C(=O)NCC(=O)NCC(=O)N[C@@H](CO)C(=O)O. The fourth-order valence-electron chi connectivity index (χ4n) is 5.61. The molecule has 20 N–H and O–H groups in total. The van der Waals surface area contributed by atoms with E-state index in [1.54, 1.807) is 30.3 Å². The molecule has 1 aromatic rings. The number of carbonyl (C=O) groups excluding carboxylic acids is 9. The topological polar surface area (TPSA) is 471 Å². The van der Waals surface area contributed by atoms with E-state index in [4.69, 9.17) is 27.4 Å². The highest BCUT2D eigenvalue weighted by Crippen LogP contribution is 2.08. The summed E-state index contributed by atoms with van der Waals surface area (Å²) >= 11 is 4.01. The molecule has 0 aromatic heterocycles. The number of rotatable bonds is 31. The van der Waals surface area contributed by atoms with Gasteiger partial charge in [-0.1, -0.05) is 44.2 Å². The summed E-state index contributed by atoms with van der Waals surface area (Å²) in [5, 5.41) is 68.1. The molecule has 29 heteroatoms. The zero-order valence-corrected chi connectivity index (χ0v) is 38.2. The highest BCUT2D eigenvalue weighted by Gasteiger charge is 2.34. The minimum atomic E-state index is -1.79. The number of thiol groups is 1. The minimum absolute atomic E-state index is 0.0136. The summed E-state index contributed by atoms with van der Waals surface area (Å²) in [6.07, 6.45) is -0.126. The maximum absolute atomic E-state index is 13.8. The van der Waals surface area contributed by atoms with Gasteiger partial charge in [-0.3, -0.25) is 48.1 Å². The first-order valence-electron chi connectivity index (χ1n) is 20.9. The van der Waals surface area contributed by atoms with Crippen molar-refractivity contribution in [1.82, 2.24) is 47.9 Å². The second-order valence-corrected chi connectivity index (χ2v) is 15.5. The molecule has 0 unspecified atom stereocenters. The average molecular weight is 986 g/mol. The van der Waals surface area contributed by atoms with E-state index in [0.717, 1.165) is 0 Å². The van der Waals surface area contributed by atoms with Crippen LogP contribution in [-0.2, 0) is 54.4 Å². The van der Waals surface area contributed by atoms with Crippen molar-refractivity contribution in [1.29, 1.82) is 0 Å². The molecule has 8 atom stereocenters. The number of nitrogens with one attached hydrogen (secondary N) is 9. The van der Waals surface area contributed by atoms with Crippen LogP contribution in [0, 0.1) is 5.92 Å². The van der Waals surface area contributed by atoms with Crippen LogP contribution in [-0.4, -0.2) is 191 Å². The molecule has 1 aromatic carbocycles. The van der Waals surface area contributed by atoms with E-state index in [1.165, 1.54) is 13.8 Å². The van der Waals surface area contributed by atoms with E-state index in [9.17, 15) is 63.3 Å². The quantitative estimate of drug-likeness (QED) is 0.0142. The first kappa shape index (κ1) is 59.4. The number of aliphatic hydroxyl groups is 4. The number of carbonyl (C=O) groups is 10. The zero-order chi connectivity index (χ0) is 51.5. The van der Waals surface area contributed by atoms with E-state index in [1.807, 2.05) is 5.32 Å². The molecule has 0 aliphatic heterocycles. The number of hydrogen-bond donors (Lipinski definition) is 18. The van der Waals surface area contributed by atoms with Crippen LogP contribution >= 0.6 is 12.6 Å². The van der Waals surface area contributed by atoms with Gasteiger partial charge in [-0.05, 0) is 24.3 Å².